The highest BCUT2D eigenvalue weighted by Crippen LogP contribution is 2.17. The van der Waals surface area contributed by atoms with E-state index in [0.717, 1.165) is 11.1 Å². The lowest BCUT2D eigenvalue weighted by Crippen LogP contribution is -2.33. The summed E-state index contributed by atoms with van der Waals surface area (Å²) in [5.74, 6) is -1.30. The molecule has 6 heteroatoms. The largest absolute Gasteiger partial charge is 0.348 e. The number of aryl methyl sites for hydroxylation is 1. The summed E-state index contributed by atoms with van der Waals surface area (Å²) in [4.78, 5) is 12.2. The van der Waals surface area contributed by atoms with Crippen molar-refractivity contribution in [2.75, 3.05) is 5.75 Å². The first-order chi connectivity index (χ1) is 12.3. The number of nitriles is 1. The number of benzene rings is 2. The lowest BCUT2D eigenvalue weighted by atomic mass is 10.0. The number of carbonyl (C=O) groups is 1. The summed E-state index contributed by atoms with van der Waals surface area (Å²) in [5.41, 5.74) is 3.10. The highest BCUT2D eigenvalue weighted by molar-refractivity contribution is 7.91. The quantitative estimate of drug-likeness (QED) is 0.811. The van der Waals surface area contributed by atoms with Gasteiger partial charge in [0, 0.05) is 0 Å². The molecule has 0 aliphatic rings. The molecule has 1 atom stereocenters. The van der Waals surface area contributed by atoms with Gasteiger partial charge in [0.05, 0.1) is 23.4 Å². The summed E-state index contributed by atoms with van der Waals surface area (Å²) in [6.45, 7) is 3.93. The molecule has 0 unspecified atom stereocenters. The van der Waals surface area contributed by atoms with Crippen LogP contribution in [0.3, 0.4) is 0 Å². The van der Waals surface area contributed by atoms with E-state index in [1.54, 1.807) is 24.3 Å². The fourth-order valence-electron chi connectivity index (χ4n) is 2.64. The molecule has 136 valence electrons. The van der Waals surface area contributed by atoms with Crippen molar-refractivity contribution < 1.29 is 13.2 Å². The lowest BCUT2D eigenvalue weighted by molar-refractivity contribution is -0.119. The second-order valence-corrected chi connectivity index (χ2v) is 8.34. The van der Waals surface area contributed by atoms with Gasteiger partial charge in [0.25, 0.3) is 0 Å². The van der Waals surface area contributed by atoms with Gasteiger partial charge < -0.3 is 5.32 Å². The second kappa shape index (κ2) is 8.63. The van der Waals surface area contributed by atoms with Crippen molar-refractivity contribution in [2.24, 2.45) is 0 Å². The van der Waals surface area contributed by atoms with Gasteiger partial charge in [-0.2, -0.15) is 5.26 Å². The minimum atomic E-state index is -3.59. The zero-order valence-corrected chi connectivity index (χ0v) is 15.7. The van der Waals surface area contributed by atoms with Crippen LogP contribution in [0.1, 0.15) is 41.6 Å². The number of sulfone groups is 1. The van der Waals surface area contributed by atoms with E-state index in [4.69, 9.17) is 5.26 Å². The Kier molecular flexibility index (Phi) is 6.53. The third-order valence-electron chi connectivity index (χ3n) is 4.04. The molecule has 26 heavy (non-hydrogen) atoms. The molecule has 0 fully saturated rings. The molecular formula is C20H22N2O3S. The minimum Gasteiger partial charge on any atom is -0.348 e. The molecule has 0 saturated heterocycles. The van der Waals surface area contributed by atoms with Crippen LogP contribution in [0.2, 0.25) is 0 Å². The number of amides is 1. The molecule has 0 saturated carbocycles. The molecule has 1 N–H and O–H groups in total. The summed E-state index contributed by atoms with van der Waals surface area (Å²) in [6, 6.07) is 15.9. The fraction of sp³-hybridized carbons (Fsp3) is 0.300. The van der Waals surface area contributed by atoms with E-state index < -0.39 is 21.5 Å². The van der Waals surface area contributed by atoms with Gasteiger partial charge in [-0.05, 0) is 36.6 Å². The molecule has 0 spiro atoms. The van der Waals surface area contributed by atoms with Crippen LogP contribution in [0.25, 0.3) is 0 Å². The van der Waals surface area contributed by atoms with Gasteiger partial charge in [0.1, 0.15) is 5.75 Å². The standard InChI is InChI=1S/C20H22N2O3S/c1-3-19(18-10-4-15(2)5-11-18)22-20(23)14-26(24,25)13-17-8-6-16(12-21)7-9-17/h4-11,19H,3,13-14H2,1-2H3,(H,22,23)/t19-/m0/s1. The predicted octanol–water partition coefficient (Wildman–Crippen LogP) is 3.05. The molecule has 0 heterocycles. The molecule has 0 aliphatic heterocycles. The SMILES string of the molecule is CC[C@H](NC(=O)CS(=O)(=O)Cc1ccc(C#N)cc1)c1ccc(C)cc1. The van der Waals surface area contributed by atoms with Crippen molar-refractivity contribution in [1.82, 2.24) is 5.32 Å². The molecule has 2 aromatic carbocycles. The molecule has 0 aromatic heterocycles. The Morgan fingerprint density at radius 1 is 1.12 bits per heavy atom. The summed E-state index contributed by atoms with van der Waals surface area (Å²) in [7, 11) is -3.59. The monoisotopic (exact) mass is 370 g/mol. The summed E-state index contributed by atoms with van der Waals surface area (Å²) in [6.07, 6.45) is 0.671. The van der Waals surface area contributed by atoms with Gasteiger partial charge in [-0.1, -0.05) is 48.9 Å². The van der Waals surface area contributed by atoms with E-state index in [9.17, 15) is 13.2 Å². The lowest BCUT2D eigenvalue weighted by Gasteiger charge is -2.18. The molecule has 0 aliphatic carbocycles. The molecule has 5 nitrogen and oxygen atoms in total. The van der Waals surface area contributed by atoms with Crippen LogP contribution in [-0.2, 0) is 20.4 Å². The first-order valence-electron chi connectivity index (χ1n) is 8.38. The number of hydrogen-bond acceptors (Lipinski definition) is 4. The number of nitrogens with zero attached hydrogens (tertiary/aromatic N) is 1. The molecule has 1 amide bonds. The van der Waals surface area contributed by atoms with Crippen molar-refractivity contribution in [1.29, 1.82) is 5.26 Å². The van der Waals surface area contributed by atoms with Crippen molar-refractivity contribution in [3.05, 3.63) is 70.8 Å². The maximum atomic E-state index is 12.3. The third kappa shape index (κ3) is 5.71. The Balaban J connectivity index is 2.00. The number of hydrogen-bond donors (Lipinski definition) is 1. The van der Waals surface area contributed by atoms with Gasteiger partial charge in [-0.25, -0.2) is 8.42 Å². The van der Waals surface area contributed by atoms with Gasteiger partial charge in [0.15, 0.2) is 9.84 Å². The van der Waals surface area contributed by atoms with Crippen LogP contribution in [0, 0.1) is 18.3 Å². The Hall–Kier alpha value is -2.65. The van der Waals surface area contributed by atoms with Gasteiger partial charge >= 0.3 is 0 Å². The van der Waals surface area contributed by atoms with Crippen molar-refractivity contribution in [3.8, 4) is 6.07 Å². The van der Waals surface area contributed by atoms with Gasteiger partial charge in [-0.15, -0.1) is 0 Å². The van der Waals surface area contributed by atoms with Crippen LogP contribution in [0.5, 0.6) is 0 Å². The highest BCUT2D eigenvalue weighted by Gasteiger charge is 2.20. The van der Waals surface area contributed by atoms with Gasteiger partial charge in [-0.3, -0.25) is 4.79 Å². The van der Waals surface area contributed by atoms with Crippen molar-refractivity contribution in [3.63, 3.8) is 0 Å². The highest BCUT2D eigenvalue weighted by atomic mass is 32.2. The Labute approximate surface area is 154 Å². The molecule has 0 bridgehead atoms. The normalized spacial score (nSPS) is 12.2. The maximum absolute atomic E-state index is 12.3. The number of carbonyl (C=O) groups excluding carboxylic acids is 1. The third-order valence-corrected chi connectivity index (χ3v) is 5.52. The van der Waals surface area contributed by atoms with E-state index in [1.807, 2.05) is 44.2 Å². The van der Waals surface area contributed by atoms with Gasteiger partial charge in [0.2, 0.25) is 5.91 Å². The van der Waals surface area contributed by atoms with Crippen LogP contribution in [0.15, 0.2) is 48.5 Å². The topological polar surface area (TPSA) is 87.0 Å². The second-order valence-electron chi connectivity index (χ2n) is 6.28. The van der Waals surface area contributed by atoms with E-state index >= 15 is 0 Å². The number of rotatable bonds is 7. The Bertz CT molecular complexity index is 896. The Morgan fingerprint density at radius 2 is 1.73 bits per heavy atom. The predicted molar refractivity (Wildman–Crippen MR) is 101 cm³/mol. The van der Waals surface area contributed by atoms with E-state index in [1.165, 1.54) is 0 Å². The van der Waals surface area contributed by atoms with Crippen molar-refractivity contribution in [2.45, 2.75) is 32.1 Å². The molecular weight excluding hydrogens is 348 g/mol. The van der Waals surface area contributed by atoms with Crippen LogP contribution in [0.4, 0.5) is 0 Å². The smallest absolute Gasteiger partial charge is 0.235 e. The average Bonchev–Trinajstić information content (AvgIpc) is 2.60. The first kappa shape index (κ1) is 19.7. The first-order valence-corrected chi connectivity index (χ1v) is 10.2. The molecule has 2 rings (SSSR count). The zero-order chi connectivity index (χ0) is 19.2. The van der Waals surface area contributed by atoms with Crippen LogP contribution >= 0.6 is 0 Å². The van der Waals surface area contributed by atoms with E-state index in [2.05, 4.69) is 5.32 Å². The number of nitrogens with one attached hydrogen (secondary N) is 1. The zero-order valence-electron chi connectivity index (χ0n) is 14.9. The van der Waals surface area contributed by atoms with E-state index in [-0.39, 0.29) is 11.8 Å². The Morgan fingerprint density at radius 3 is 2.27 bits per heavy atom. The fourth-order valence-corrected chi connectivity index (χ4v) is 3.92. The molecule has 2 aromatic rings. The average molecular weight is 370 g/mol. The molecule has 0 radical (unpaired) electrons. The summed E-state index contributed by atoms with van der Waals surface area (Å²) < 4.78 is 24.6. The van der Waals surface area contributed by atoms with Crippen molar-refractivity contribution >= 4 is 15.7 Å². The maximum Gasteiger partial charge on any atom is 0.235 e. The van der Waals surface area contributed by atoms with Crippen LogP contribution < -0.4 is 5.32 Å². The van der Waals surface area contributed by atoms with E-state index in [0.29, 0.717) is 17.5 Å². The van der Waals surface area contributed by atoms with Crippen LogP contribution in [-0.4, -0.2) is 20.1 Å². The summed E-state index contributed by atoms with van der Waals surface area (Å²) in [5, 5.41) is 11.6. The minimum absolute atomic E-state index is 0.215. The summed E-state index contributed by atoms with van der Waals surface area (Å²) >= 11 is 0.